The summed E-state index contributed by atoms with van der Waals surface area (Å²) >= 11 is 0. The number of nitrogens with zero attached hydrogens (tertiary/aromatic N) is 1. The predicted molar refractivity (Wildman–Crippen MR) is 67.1 cm³/mol. The van der Waals surface area contributed by atoms with Gasteiger partial charge in [0.2, 0.25) is 0 Å². The van der Waals surface area contributed by atoms with E-state index in [0.29, 0.717) is 13.1 Å². The maximum atomic E-state index is 11.8. The molecule has 5 nitrogen and oxygen atoms in total. The van der Waals surface area contributed by atoms with E-state index in [4.69, 9.17) is 4.74 Å². The first-order valence-corrected chi connectivity index (χ1v) is 6.06. The Morgan fingerprint density at radius 1 is 1.33 bits per heavy atom. The topological polar surface area (TPSA) is 55.8 Å². The Bertz CT molecular complexity index is 343. The van der Waals surface area contributed by atoms with Gasteiger partial charge < -0.3 is 14.4 Å². The minimum Gasteiger partial charge on any atom is -0.466 e. The van der Waals surface area contributed by atoms with Crippen LogP contribution in [0.15, 0.2) is 12.2 Å². The number of amides is 1. The fraction of sp³-hybridized carbons (Fsp3) is 0.692. The molecule has 1 atom stereocenters. The molecular weight excluding hydrogens is 234 g/mol. The van der Waals surface area contributed by atoms with Crippen molar-refractivity contribution in [1.82, 2.24) is 4.90 Å². The Balaban J connectivity index is 2.44. The molecular formula is C13H21NO4. The SMILES string of the molecule is COC(=O)/C=C/C1CCN(C(=O)OC(C)(C)C)C1. The van der Waals surface area contributed by atoms with Gasteiger partial charge in [-0.3, -0.25) is 0 Å². The summed E-state index contributed by atoms with van der Waals surface area (Å²) in [6, 6.07) is 0. The van der Waals surface area contributed by atoms with Crippen molar-refractivity contribution in [3.8, 4) is 0 Å². The summed E-state index contributed by atoms with van der Waals surface area (Å²) in [5, 5.41) is 0. The van der Waals surface area contributed by atoms with E-state index in [2.05, 4.69) is 4.74 Å². The first-order valence-electron chi connectivity index (χ1n) is 6.06. The van der Waals surface area contributed by atoms with Crippen molar-refractivity contribution >= 4 is 12.1 Å². The molecule has 1 heterocycles. The molecule has 18 heavy (non-hydrogen) atoms. The number of hydrogen-bond acceptors (Lipinski definition) is 4. The highest BCUT2D eigenvalue weighted by Crippen LogP contribution is 2.20. The molecule has 0 N–H and O–H groups in total. The van der Waals surface area contributed by atoms with Crippen LogP contribution < -0.4 is 0 Å². The zero-order chi connectivity index (χ0) is 13.8. The van der Waals surface area contributed by atoms with Crippen LogP contribution >= 0.6 is 0 Å². The summed E-state index contributed by atoms with van der Waals surface area (Å²) < 4.78 is 9.81. The zero-order valence-corrected chi connectivity index (χ0v) is 11.4. The fourth-order valence-corrected chi connectivity index (χ4v) is 1.72. The van der Waals surface area contributed by atoms with E-state index in [1.165, 1.54) is 13.2 Å². The Labute approximate surface area is 108 Å². The van der Waals surface area contributed by atoms with Gasteiger partial charge in [-0.25, -0.2) is 9.59 Å². The Morgan fingerprint density at radius 2 is 2.00 bits per heavy atom. The van der Waals surface area contributed by atoms with Gasteiger partial charge in [-0.1, -0.05) is 6.08 Å². The maximum absolute atomic E-state index is 11.8. The molecule has 0 aliphatic carbocycles. The van der Waals surface area contributed by atoms with E-state index < -0.39 is 5.60 Å². The quantitative estimate of drug-likeness (QED) is 0.559. The third kappa shape index (κ3) is 4.77. The van der Waals surface area contributed by atoms with Crippen molar-refractivity contribution in [1.29, 1.82) is 0 Å². The van der Waals surface area contributed by atoms with Gasteiger partial charge in [0.05, 0.1) is 7.11 Å². The van der Waals surface area contributed by atoms with Gasteiger partial charge in [-0.15, -0.1) is 0 Å². The molecule has 5 heteroatoms. The highest BCUT2D eigenvalue weighted by atomic mass is 16.6. The second-order valence-electron chi connectivity index (χ2n) is 5.36. The lowest BCUT2D eigenvalue weighted by Gasteiger charge is -2.24. The van der Waals surface area contributed by atoms with Crippen LogP contribution in [0.25, 0.3) is 0 Å². The summed E-state index contributed by atoms with van der Waals surface area (Å²) in [4.78, 5) is 24.4. The van der Waals surface area contributed by atoms with Gasteiger partial charge >= 0.3 is 12.1 Å². The van der Waals surface area contributed by atoms with E-state index in [-0.39, 0.29) is 18.0 Å². The van der Waals surface area contributed by atoms with Crippen LogP contribution in [-0.2, 0) is 14.3 Å². The number of carbonyl (C=O) groups excluding carboxylic acids is 2. The molecule has 1 amide bonds. The van der Waals surface area contributed by atoms with E-state index in [1.54, 1.807) is 11.0 Å². The van der Waals surface area contributed by atoms with E-state index in [0.717, 1.165) is 6.42 Å². The summed E-state index contributed by atoms with van der Waals surface area (Å²) in [6.07, 6.45) is 3.74. The Morgan fingerprint density at radius 3 is 2.56 bits per heavy atom. The zero-order valence-electron chi connectivity index (χ0n) is 11.4. The summed E-state index contributed by atoms with van der Waals surface area (Å²) in [5.41, 5.74) is -0.475. The van der Waals surface area contributed by atoms with Crippen LogP contribution in [0.5, 0.6) is 0 Å². The summed E-state index contributed by atoms with van der Waals surface area (Å²) in [7, 11) is 1.34. The van der Waals surface area contributed by atoms with Gasteiger partial charge in [0, 0.05) is 19.2 Å². The first kappa shape index (κ1) is 14.5. The van der Waals surface area contributed by atoms with Gasteiger partial charge in [-0.05, 0) is 33.1 Å². The third-order valence-corrected chi connectivity index (χ3v) is 2.58. The lowest BCUT2D eigenvalue weighted by Crippen LogP contribution is -2.35. The number of carbonyl (C=O) groups is 2. The summed E-state index contributed by atoms with van der Waals surface area (Å²) in [6.45, 7) is 6.77. The van der Waals surface area contributed by atoms with Crippen molar-refractivity contribution in [2.75, 3.05) is 20.2 Å². The maximum Gasteiger partial charge on any atom is 0.410 e. The predicted octanol–water partition coefficient (Wildman–Crippen LogP) is 1.97. The third-order valence-electron chi connectivity index (χ3n) is 2.58. The standard InChI is InChI=1S/C13H21NO4/c1-13(2,3)18-12(16)14-8-7-10(9-14)5-6-11(15)17-4/h5-6,10H,7-9H2,1-4H3/b6-5+. The van der Waals surface area contributed by atoms with Crippen molar-refractivity contribution in [2.24, 2.45) is 5.92 Å². The number of esters is 1. The average molecular weight is 255 g/mol. The molecule has 0 aromatic rings. The Kier molecular flexibility index (Phi) is 4.76. The second-order valence-corrected chi connectivity index (χ2v) is 5.36. The van der Waals surface area contributed by atoms with Gasteiger partial charge in [-0.2, -0.15) is 0 Å². The van der Waals surface area contributed by atoms with Gasteiger partial charge in [0.1, 0.15) is 5.60 Å². The monoisotopic (exact) mass is 255 g/mol. The molecule has 102 valence electrons. The van der Waals surface area contributed by atoms with Crippen LogP contribution in [0.1, 0.15) is 27.2 Å². The van der Waals surface area contributed by atoms with E-state index >= 15 is 0 Å². The molecule has 1 unspecified atom stereocenters. The highest BCUT2D eigenvalue weighted by molar-refractivity contribution is 5.81. The second kappa shape index (κ2) is 5.89. The smallest absolute Gasteiger partial charge is 0.410 e. The first-order chi connectivity index (χ1) is 8.31. The molecule has 1 fully saturated rings. The van der Waals surface area contributed by atoms with Crippen molar-refractivity contribution < 1.29 is 19.1 Å². The number of likely N-dealkylation sites (tertiary alicyclic amines) is 1. The van der Waals surface area contributed by atoms with Crippen LogP contribution in [0.3, 0.4) is 0 Å². The normalized spacial score (nSPS) is 20.2. The number of ether oxygens (including phenoxy) is 2. The largest absolute Gasteiger partial charge is 0.466 e. The fourth-order valence-electron chi connectivity index (χ4n) is 1.72. The molecule has 1 saturated heterocycles. The lowest BCUT2D eigenvalue weighted by atomic mass is 10.1. The van der Waals surface area contributed by atoms with Gasteiger partial charge in [0.25, 0.3) is 0 Å². The Hall–Kier alpha value is -1.52. The van der Waals surface area contributed by atoms with E-state index in [1.807, 2.05) is 20.8 Å². The van der Waals surface area contributed by atoms with E-state index in [9.17, 15) is 9.59 Å². The molecule has 0 radical (unpaired) electrons. The molecule has 1 aliphatic rings. The molecule has 1 aliphatic heterocycles. The molecule has 0 aromatic heterocycles. The molecule has 0 saturated carbocycles. The minimum absolute atomic E-state index is 0.191. The molecule has 0 bridgehead atoms. The number of rotatable bonds is 2. The molecule has 1 rings (SSSR count). The van der Waals surface area contributed by atoms with Crippen LogP contribution in [0.2, 0.25) is 0 Å². The number of methoxy groups -OCH3 is 1. The lowest BCUT2D eigenvalue weighted by molar-refractivity contribution is -0.134. The highest BCUT2D eigenvalue weighted by Gasteiger charge is 2.28. The van der Waals surface area contributed by atoms with Crippen LogP contribution in [0.4, 0.5) is 4.79 Å². The minimum atomic E-state index is -0.475. The van der Waals surface area contributed by atoms with Crippen molar-refractivity contribution in [3.63, 3.8) is 0 Å². The van der Waals surface area contributed by atoms with Gasteiger partial charge in [0.15, 0.2) is 0 Å². The van der Waals surface area contributed by atoms with Crippen molar-refractivity contribution in [2.45, 2.75) is 32.8 Å². The van der Waals surface area contributed by atoms with Crippen LogP contribution in [-0.4, -0.2) is 42.8 Å². The molecule has 0 spiro atoms. The summed E-state index contributed by atoms with van der Waals surface area (Å²) in [5.74, 6) is -0.178. The van der Waals surface area contributed by atoms with Crippen LogP contribution in [0, 0.1) is 5.92 Å². The molecule has 0 aromatic carbocycles. The number of hydrogen-bond donors (Lipinski definition) is 0. The average Bonchev–Trinajstić information content (AvgIpc) is 2.72. The van der Waals surface area contributed by atoms with Crippen molar-refractivity contribution in [3.05, 3.63) is 12.2 Å².